The first kappa shape index (κ1) is 18.7. The molecule has 0 saturated heterocycles. The Labute approximate surface area is 151 Å². The van der Waals surface area contributed by atoms with Crippen LogP contribution in [0, 0.1) is 0 Å². The van der Waals surface area contributed by atoms with Gasteiger partial charge >= 0.3 is 5.97 Å². The number of halogens is 1. The molecule has 0 aliphatic heterocycles. The molecule has 1 N–H and O–H groups in total. The zero-order valence-electron chi connectivity index (χ0n) is 13.9. The Kier molecular flexibility index (Phi) is 7.22. The normalized spacial score (nSPS) is 10.2. The molecule has 1 aromatic carbocycles. The van der Waals surface area contributed by atoms with E-state index in [2.05, 4.69) is 15.2 Å². The van der Waals surface area contributed by atoms with Gasteiger partial charge in [-0.2, -0.15) is 0 Å². The third kappa shape index (κ3) is 6.43. The summed E-state index contributed by atoms with van der Waals surface area (Å²) in [4.78, 5) is 29.4. The second-order valence-corrected chi connectivity index (χ2v) is 5.79. The molecule has 1 heterocycles. The van der Waals surface area contributed by atoms with Crippen LogP contribution in [0.5, 0.6) is 0 Å². The molecule has 0 radical (unpaired) electrons. The summed E-state index contributed by atoms with van der Waals surface area (Å²) in [5, 5.41) is 3.01. The molecule has 0 bridgehead atoms. The Balaban J connectivity index is 1.62. The molecule has 1 amide bonds. The van der Waals surface area contributed by atoms with Gasteiger partial charge in [0, 0.05) is 32.0 Å². The van der Waals surface area contributed by atoms with E-state index >= 15 is 0 Å². The third-order valence-electron chi connectivity index (χ3n) is 3.49. The van der Waals surface area contributed by atoms with E-state index in [0.717, 1.165) is 18.7 Å². The lowest BCUT2D eigenvalue weighted by molar-refractivity contribution is -0.124. The highest BCUT2D eigenvalue weighted by molar-refractivity contribution is 6.29. The Morgan fingerprint density at radius 1 is 1.20 bits per heavy atom. The summed E-state index contributed by atoms with van der Waals surface area (Å²) >= 11 is 5.65. The fourth-order valence-electron chi connectivity index (χ4n) is 2.12. The van der Waals surface area contributed by atoms with E-state index < -0.39 is 5.97 Å². The summed E-state index contributed by atoms with van der Waals surface area (Å²) in [6.07, 6.45) is 2.09. The van der Waals surface area contributed by atoms with E-state index in [4.69, 9.17) is 16.3 Å². The number of carbonyl (C=O) groups excluding carboxylic acids is 2. The van der Waals surface area contributed by atoms with Gasteiger partial charge in [0.2, 0.25) is 0 Å². The van der Waals surface area contributed by atoms with Crippen LogP contribution in [-0.4, -0.2) is 43.6 Å². The van der Waals surface area contributed by atoms with Gasteiger partial charge in [-0.25, -0.2) is 9.78 Å². The fourth-order valence-corrected chi connectivity index (χ4v) is 2.23. The minimum absolute atomic E-state index is 0.252. The largest absolute Gasteiger partial charge is 0.452 e. The predicted molar refractivity (Wildman–Crippen MR) is 96.9 cm³/mol. The number of para-hydroxylation sites is 1. The summed E-state index contributed by atoms with van der Waals surface area (Å²) in [7, 11) is 2.00. The number of esters is 1. The molecule has 0 atom stereocenters. The molecule has 132 valence electrons. The molecular formula is C18H20ClN3O3. The monoisotopic (exact) mass is 361 g/mol. The fraction of sp³-hybridized carbons (Fsp3) is 0.278. The average Bonchev–Trinajstić information content (AvgIpc) is 2.64. The number of benzene rings is 1. The van der Waals surface area contributed by atoms with Crippen molar-refractivity contribution < 1.29 is 14.3 Å². The average molecular weight is 362 g/mol. The van der Waals surface area contributed by atoms with Crippen LogP contribution in [0.3, 0.4) is 0 Å². The highest BCUT2D eigenvalue weighted by Crippen LogP contribution is 2.10. The van der Waals surface area contributed by atoms with Crippen molar-refractivity contribution in [2.45, 2.75) is 6.42 Å². The van der Waals surface area contributed by atoms with Crippen LogP contribution in [0.1, 0.15) is 16.8 Å². The molecule has 0 aliphatic rings. The Hall–Kier alpha value is -2.60. The molecule has 0 unspecified atom stereocenters. The van der Waals surface area contributed by atoms with Crippen molar-refractivity contribution in [3.63, 3.8) is 0 Å². The molecule has 7 heteroatoms. The van der Waals surface area contributed by atoms with E-state index in [0.29, 0.717) is 6.54 Å². The second kappa shape index (κ2) is 9.64. The lowest BCUT2D eigenvalue weighted by Crippen LogP contribution is -2.31. The molecule has 2 rings (SSSR count). The van der Waals surface area contributed by atoms with Gasteiger partial charge in [-0.15, -0.1) is 0 Å². The van der Waals surface area contributed by atoms with Crippen LogP contribution in [0.25, 0.3) is 0 Å². The van der Waals surface area contributed by atoms with Gasteiger partial charge in [-0.1, -0.05) is 29.8 Å². The third-order valence-corrected chi connectivity index (χ3v) is 3.71. The maximum absolute atomic E-state index is 11.7. The number of ether oxygens (including phenoxy) is 1. The van der Waals surface area contributed by atoms with Crippen LogP contribution in [0.4, 0.5) is 5.69 Å². The van der Waals surface area contributed by atoms with Gasteiger partial charge in [0.1, 0.15) is 5.15 Å². The summed E-state index contributed by atoms with van der Waals surface area (Å²) in [5.41, 5.74) is 1.38. The van der Waals surface area contributed by atoms with Gasteiger partial charge in [-0.05, 0) is 30.7 Å². The first-order valence-electron chi connectivity index (χ1n) is 7.88. The Bertz CT molecular complexity index is 692. The summed E-state index contributed by atoms with van der Waals surface area (Å²) < 4.78 is 4.93. The lowest BCUT2D eigenvalue weighted by atomic mass is 10.3. The highest BCUT2D eigenvalue weighted by atomic mass is 35.5. The zero-order valence-corrected chi connectivity index (χ0v) is 14.7. The van der Waals surface area contributed by atoms with E-state index in [1.54, 1.807) is 0 Å². The van der Waals surface area contributed by atoms with Crippen molar-refractivity contribution in [2.24, 2.45) is 0 Å². The van der Waals surface area contributed by atoms with Crippen molar-refractivity contribution >= 4 is 29.2 Å². The molecule has 6 nitrogen and oxygen atoms in total. The number of anilines is 1. The summed E-state index contributed by atoms with van der Waals surface area (Å²) in [6.45, 7) is 0.993. The first-order chi connectivity index (χ1) is 12.1. The minimum atomic E-state index is -0.608. The van der Waals surface area contributed by atoms with Crippen molar-refractivity contribution in [1.82, 2.24) is 10.3 Å². The molecule has 0 fully saturated rings. The minimum Gasteiger partial charge on any atom is -0.452 e. The molecule has 2 aromatic rings. The maximum atomic E-state index is 11.7. The second-order valence-electron chi connectivity index (χ2n) is 5.41. The molecule has 0 aliphatic carbocycles. The van der Waals surface area contributed by atoms with E-state index in [9.17, 15) is 9.59 Å². The smallest absolute Gasteiger partial charge is 0.340 e. The molecule has 0 saturated carbocycles. The number of amides is 1. The number of nitrogens with one attached hydrogen (secondary N) is 1. The number of rotatable bonds is 8. The van der Waals surface area contributed by atoms with Crippen molar-refractivity contribution in [2.75, 3.05) is 31.6 Å². The van der Waals surface area contributed by atoms with Crippen LogP contribution in [0.2, 0.25) is 5.15 Å². The van der Waals surface area contributed by atoms with E-state index in [-0.39, 0.29) is 23.2 Å². The molecule has 1 aromatic heterocycles. The zero-order chi connectivity index (χ0) is 18.1. The number of aromatic nitrogens is 1. The molecule has 0 spiro atoms. The van der Waals surface area contributed by atoms with Crippen LogP contribution in [0.15, 0.2) is 48.7 Å². The van der Waals surface area contributed by atoms with Crippen LogP contribution >= 0.6 is 11.6 Å². The van der Waals surface area contributed by atoms with Gasteiger partial charge < -0.3 is 15.0 Å². The van der Waals surface area contributed by atoms with Crippen LogP contribution < -0.4 is 10.2 Å². The van der Waals surface area contributed by atoms with Crippen LogP contribution in [-0.2, 0) is 9.53 Å². The van der Waals surface area contributed by atoms with E-state index in [1.165, 1.54) is 18.3 Å². The Morgan fingerprint density at radius 3 is 2.64 bits per heavy atom. The van der Waals surface area contributed by atoms with Gasteiger partial charge in [0.05, 0.1) is 5.56 Å². The molecule has 25 heavy (non-hydrogen) atoms. The Morgan fingerprint density at radius 2 is 1.96 bits per heavy atom. The standard InChI is InChI=1S/C18H20ClN3O3/c1-22(15-6-3-2-4-7-15)11-5-10-20-17(23)13-25-18(24)14-8-9-16(19)21-12-14/h2-4,6-9,12H,5,10-11,13H2,1H3,(H,20,23). The van der Waals surface area contributed by atoms with Gasteiger partial charge in [0.25, 0.3) is 5.91 Å². The number of pyridine rings is 1. The summed E-state index contributed by atoms with van der Waals surface area (Å²) in [5.74, 6) is -0.944. The van der Waals surface area contributed by atoms with Crippen molar-refractivity contribution in [3.05, 3.63) is 59.4 Å². The highest BCUT2D eigenvalue weighted by Gasteiger charge is 2.10. The number of hydrogen-bond donors (Lipinski definition) is 1. The van der Waals surface area contributed by atoms with E-state index in [1.807, 2.05) is 37.4 Å². The topological polar surface area (TPSA) is 71.5 Å². The predicted octanol–water partition coefficient (Wildman–Crippen LogP) is 2.53. The van der Waals surface area contributed by atoms with Crippen molar-refractivity contribution in [3.8, 4) is 0 Å². The SMILES string of the molecule is CN(CCCNC(=O)COC(=O)c1ccc(Cl)nc1)c1ccccc1. The summed E-state index contributed by atoms with van der Waals surface area (Å²) in [6, 6.07) is 13.0. The van der Waals surface area contributed by atoms with Gasteiger partial charge in [-0.3, -0.25) is 4.79 Å². The number of nitrogens with zero attached hydrogens (tertiary/aromatic N) is 2. The maximum Gasteiger partial charge on any atom is 0.340 e. The van der Waals surface area contributed by atoms with Crippen molar-refractivity contribution in [1.29, 1.82) is 0 Å². The number of carbonyl (C=O) groups is 2. The van der Waals surface area contributed by atoms with Gasteiger partial charge in [0.15, 0.2) is 6.61 Å². The lowest BCUT2D eigenvalue weighted by Gasteiger charge is -2.19. The molecular weight excluding hydrogens is 342 g/mol. The quantitative estimate of drug-likeness (QED) is 0.444. The number of hydrogen-bond acceptors (Lipinski definition) is 5. The first-order valence-corrected chi connectivity index (χ1v) is 8.25.